The first kappa shape index (κ1) is 15.4. The number of ether oxygens (including phenoxy) is 1. The number of hydrazine groups is 1. The topological polar surface area (TPSA) is 89.3 Å². The second-order valence-electron chi connectivity index (χ2n) is 5.27. The number of pyridine rings is 1. The van der Waals surface area contributed by atoms with Gasteiger partial charge in [0.15, 0.2) is 0 Å². The Kier molecular flexibility index (Phi) is 5.26. The average molecular weight is 266 g/mol. The van der Waals surface area contributed by atoms with Crippen LogP contribution in [0.1, 0.15) is 36.8 Å². The highest BCUT2D eigenvalue weighted by Gasteiger charge is 2.19. The van der Waals surface area contributed by atoms with Crippen LogP contribution in [0.2, 0.25) is 0 Å². The van der Waals surface area contributed by atoms with Gasteiger partial charge in [0.2, 0.25) is 0 Å². The van der Waals surface area contributed by atoms with E-state index in [1.165, 1.54) is 0 Å². The van der Waals surface area contributed by atoms with Gasteiger partial charge in [-0.15, -0.1) is 0 Å². The summed E-state index contributed by atoms with van der Waals surface area (Å²) in [5, 5.41) is 2.77. The zero-order valence-corrected chi connectivity index (χ0v) is 11.9. The van der Waals surface area contributed by atoms with Crippen molar-refractivity contribution in [2.24, 2.45) is 5.84 Å². The quantitative estimate of drug-likeness (QED) is 0.421. The summed E-state index contributed by atoms with van der Waals surface area (Å²) in [6.07, 6.45) is 0. The Hall–Kier alpha value is -1.66. The number of amides is 1. The molecule has 1 amide bonds. The number of rotatable bonds is 5. The maximum atomic E-state index is 12.0. The Labute approximate surface area is 113 Å². The van der Waals surface area contributed by atoms with Gasteiger partial charge in [0.25, 0.3) is 5.91 Å². The fourth-order valence-corrected chi connectivity index (χ4v) is 1.49. The Balaban J connectivity index is 2.97. The van der Waals surface area contributed by atoms with E-state index in [4.69, 9.17) is 10.6 Å². The summed E-state index contributed by atoms with van der Waals surface area (Å²) in [7, 11) is 1.59. The van der Waals surface area contributed by atoms with Crippen LogP contribution < -0.4 is 16.6 Å². The fourth-order valence-electron chi connectivity index (χ4n) is 1.49. The van der Waals surface area contributed by atoms with Gasteiger partial charge in [-0.2, -0.15) is 0 Å². The molecule has 0 bridgehead atoms. The highest BCUT2D eigenvalue weighted by Crippen LogP contribution is 2.23. The van der Waals surface area contributed by atoms with Crippen molar-refractivity contribution in [3.05, 3.63) is 23.4 Å². The van der Waals surface area contributed by atoms with E-state index in [0.717, 1.165) is 5.69 Å². The van der Waals surface area contributed by atoms with Crippen LogP contribution in [0.3, 0.4) is 0 Å². The molecule has 0 spiro atoms. The lowest BCUT2D eigenvalue weighted by atomic mass is 9.90. The first-order valence-electron chi connectivity index (χ1n) is 6.15. The van der Waals surface area contributed by atoms with Crippen molar-refractivity contribution < 1.29 is 9.53 Å². The molecule has 0 aliphatic heterocycles. The first-order valence-corrected chi connectivity index (χ1v) is 6.15. The van der Waals surface area contributed by atoms with E-state index in [1.54, 1.807) is 19.2 Å². The van der Waals surface area contributed by atoms with Gasteiger partial charge in [-0.25, -0.2) is 10.8 Å². The van der Waals surface area contributed by atoms with Gasteiger partial charge in [-0.05, 0) is 12.1 Å². The minimum absolute atomic E-state index is 0.158. The largest absolute Gasteiger partial charge is 0.383 e. The number of nitrogens with one attached hydrogen (secondary N) is 2. The number of methoxy groups -OCH3 is 1. The van der Waals surface area contributed by atoms with Crippen LogP contribution in [0, 0.1) is 0 Å². The van der Waals surface area contributed by atoms with Crippen molar-refractivity contribution in [1.29, 1.82) is 0 Å². The van der Waals surface area contributed by atoms with Gasteiger partial charge in [0.1, 0.15) is 5.82 Å². The number of nitrogens with zero attached hydrogens (tertiary/aromatic N) is 1. The second-order valence-corrected chi connectivity index (χ2v) is 5.27. The molecule has 0 fully saturated rings. The molecule has 0 aliphatic rings. The van der Waals surface area contributed by atoms with Crippen molar-refractivity contribution in [2.75, 3.05) is 25.7 Å². The van der Waals surface area contributed by atoms with E-state index in [9.17, 15) is 4.79 Å². The minimum atomic E-state index is -0.165. The van der Waals surface area contributed by atoms with E-state index in [1.807, 2.05) is 20.8 Å². The van der Waals surface area contributed by atoms with Gasteiger partial charge in [-0.3, -0.25) is 4.79 Å². The van der Waals surface area contributed by atoms with Crippen LogP contribution in [0.4, 0.5) is 5.82 Å². The van der Waals surface area contributed by atoms with E-state index in [-0.39, 0.29) is 11.3 Å². The molecule has 4 N–H and O–H groups in total. The fraction of sp³-hybridized carbons (Fsp3) is 0.538. The SMILES string of the molecule is COCCNC(=O)c1cc(NN)nc(C(C)(C)C)c1. The molecule has 0 atom stereocenters. The molecule has 1 heterocycles. The van der Waals surface area contributed by atoms with Crippen molar-refractivity contribution in [3.63, 3.8) is 0 Å². The molecule has 0 saturated carbocycles. The maximum absolute atomic E-state index is 12.0. The third-order valence-corrected chi connectivity index (χ3v) is 2.60. The lowest BCUT2D eigenvalue weighted by Crippen LogP contribution is -2.28. The van der Waals surface area contributed by atoms with Crippen LogP contribution in [-0.2, 0) is 10.2 Å². The lowest BCUT2D eigenvalue weighted by molar-refractivity contribution is 0.0937. The van der Waals surface area contributed by atoms with Crippen molar-refractivity contribution >= 4 is 11.7 Å². The molecule has 0 unspecified atom stereocenters. The molecule has 0 saturated heterocycles. The normalized spacial score (nSPS) is 11.2. The van der Waals surface area contributed by atoms with Crippen LogP contribution in [0.5, 0.6) is 0 Å². The smallest absolute Gasteiger partial charge is 0.251 e. The number of aromatic nitrogens is 1. The predicted molar refractivity (Wildman–Crippen MR) is 75.0 cm³/mol. The zero-order chi connectivity index (χ0) is 14.5. The molecule has 0 aromatic carbocycles. The number of hydrogen-bond acceptors (Lipinski definition) is 5. The third kappa shape index (κ3) is 4.50. The zero-order valence-electron chi connectivity index (χ0n) is 11.9. The molecule has 6 heteroatoms. The lowest BCUT2D eigenvalue weighted by Gasteiger charge is -2.19. The van der Waals surface area contributed by atoms with Crippen molar-refractivity contribution in [2.45, 2.75) is 26.2 Å². The molecule has 6 nitrogen and oxygen atoms in total. The molecule has 0 radical (unpaired) electrons. The Bertz CT molecular complexity index is 441. The molecule has 1 aromatic rings. The third-order valence-electron chi connectivity index (χ3n) is 2.60. The summed E-state index contributed by atoms with van der Waals surface area (Å²) in [6.45, 7) is 7.03. The number of anilines is 1. The average Bonchev–Trinajstić information content (AvgIpc) is 2.37. The predicted octanol–water partition coefficient (Wildman–Crippen LogP) is 1.04. The molecule has 1 rings (SSSR count). The highest BCUT2D eigenvalue weighted by atomic mass is 16.5. The summed E-state index contributed by atoms with van der Waals surface area (Å²) in [6, 6.07) is 3.40. The Morgan fingerprint density at radius 1 is 1.42 bits per heavy atom. The van der Waals surface area contributed by atoms with Crippen molar-refractivity contribution in [1.82, 2.24) is 10.3 Å². The number of carbonyl (C=O) groups is 1. The van der Waals surface area contributed by atoms with Crippen LogP contribution in [-0.4, -0.2) is 31.2 Å². The molecule has 106 valence electrons. The number of nitrogens with two attached hydrogens (primary N) is 1. The minimum Gasteiger partial charge on any atom is -0.383 e. The van der Waals surface area contributed by atoms with Gasteiger partial charge in [0, 0.05) is 30.3 Å². The van der Waals surface area contributed by atoms with Gasteiger partial charge in [0.05, 0.1) is 6.61 Å². The molecular formula is C13H22N4O2. The van der Waals surface area contributed by atoms with Gasteiger partial charge < -0.3 is 15.5 Å². The molecular weight excluding hydrogens is 244 g/mol. The maximum Gasteiger partial charge on any atom is 0.251 e. The van der Waals surface area contributed by atoms with E-state index in [2.05, 4.69) is 15.7 Å². The van der Waals surface area contributed by atoms with Gasteiger partial charge >= 0.3 is 0 Å². The number of carbonyl (C=O) groups excluding carboxylic acids is 1. The number of hydrogen-bond donors (Lipinski definition) is 3. The summed E-state index contributed by atoms with van der Waals surface area (Å²) < 4.78 is 4.89. The summed E-state index contributed by atoms with van der Waals surface area (Å²) in [5.41, 5.74) is 3.66. The van der Waals surface area contributed by atoms with Crippen LogP contribution >= 0.6 is 0 Å². The van der Waals surface area contributed by atoms with E-state index in [0.29, 0.717) is 24.5 Å². The molecule has 19 heavy (non-hydrogen) atoms. The summed E-state index contributed by atoms with van der Waals surface area (Å²) in [5.74, 6) is 5.70. The van der Waals surface area contributed by atoms with E-state index < -0.39 is 0 Å². The van der Waals surface area contributed by atoms with E-state index >= 15 is 0 Å². The Morgan fingerprint density at radius 3 is 2.63 bits per heavy atom. The standard InChI is InChI=1S/C13H22N4O2/c1-13(2,3)10-7-9(8-11(16-10)17-14)12(18)15-5-6-19-4/h7-8H,5-6,14H2,1-4H3,(H,15,18)(H,16,17). The second kappa shape index (κ2) is 6.49. The molecule has 0 aliphatic carbocycles. The van der Waals surface area contributed by atoms with Crippen LogP contribution in [0.25, 0.3) is 0 Å². The number of nitrogen functional groups attached to an aromatic ring is 1. The first-order chi connectivity index (χ1) is 8.88. The summed E-state index contributed by atoms with van der Waals surface area (Å²) in [4.78, 5) is 16.4. The highest BCUT2D eigenvalue weighted by molar-refractivity contribution is 5.95. The Morgan fingerprint density at radius 2 is 2.11 bits per heavy atom. The van der Waals surface area contributed by atoms with Crippen molar-refractivity contribution in [3.8, 4) is 0 Å². The monoisotopic (exact) mass is 266 g/mol. The summed E-state index contributed by atoms with van der Waals surface area (Å²) >= 11 is 0. The van der Waals surface area contributed by atoms with Crippen LogP contribution in [0.15, 0.2) is 12.1 Å². The molecule has 1 aromatic heterocycles. The van der Waals surface area contributed by atoms with Gasteiger partial charge in [-0.1, -0.05) is 20.8 Å².